The molecule has 2 atom stereocenters. The number of amides is 1. The Hall–Kier alpha value is -2.45. The smallest absolute Gasteiger partial charge is 0.410 e. The lowest BCUT2D eigenvalue weighted by molar-refractivity contribution is -0.0508. The van der Waals surface area contributed by atoms with Gasteiger partial charge in [0.1, 0.15) is 5.60 Å². The molecule has 2 aromatic rings. The maximum Gasteiger partial charge on any atom is 0.410 e. The van der Waals surface area contributed by atoms with Crippen LogP contribution in [0.3, 0.4) is 0 Å². The molecule has 33 heavy (non-hydrogen) atoms. The number of cyclic esters (lactones) is 1. The quantitative estimate of drug-likeness (QED) is 0.593. The molecule has 2 fully saturated rings. The highest BCUT2D eigenvalue weighted by molar-refractivity contribution is 7.89. The molecule has 0 N–H and O–H groups in total. The molecule has 1 aromatic heterocycles. The summed E-state index contributed by atoms with van der Waals surface area (Å²) >= 11 is 0. The average Bonchev–Trinajstić information content (AvgIpc) is 3.11. The predicted octanol–water partition coefficient (Wildman–Crippen LogP) is 4.53. The zero-order chi connectivity index (χ0) is 23.6. The number of hydrogen-bond donors (Lipinski definition) is 0. The second kappa shape index (κ2) is 9.43. The van der Waals surface area contributed by atoms with Gasteiger partial charge in [0.25, 0.3) is 0 Å². The summed E-state index contributed by atoms with van der Waals surface area (Å²) in [5.74, 6) is 0.245. The van der Waals surface area contributed by atoms with Gasteiger partial charge in [-0.05, 0) is 68.9 Å². The molecule has 2 aliphatic rings. The number of hydrogen-bond acceptors (Lipinski definition) is 5. The van der Waals surface area contributed by atoms with Crippen molar-refractivity contribution in [3.8, 4) is 11.1 Å². The van der Waals surface area contributed by atoms with Gasteiger partial charge < -0.3 is 9.64 Å². The number of aromatic nitrogens is 1. The lowest BCUT2D eigenvalue weighted by Crippen LogP contribution is -2.49. The maximum atomic E-state index is 12.9. The zero-order valence-corrected chi connectivity index (χ0v) is 20.5. The van der Waals surface area contributed by atoms with Gasteiger partial charge in [0.05, 0.1) is 11.8 Å². The van der Waals surface area contributed by atoms with E-state index in [9.17, 15) is 13.2 Å². The number of sulfonamides is 1. The SMILES string of the molecule is Cc1cc(-c2ccc([C@H](C)N3CC[C@@](C)(CCCN4CCCS4(=O)=O)OC3=O)cc2)ccn1. The fraction of sp³-hybridized carbons (Fsp3) is 0.520. The predicted molar refractivity (Wildman–Crippen MR) is 128 cm³/mol. The van der Waals surface area contributed by atoms with Crippen molar-refractivity contribution < 1.29 is 17.9 Å². The molecule has 7 nitrogen and oxygen atoms in total. The molecule has 2 saturated heterocycles. The summed E-state index contributed by atoms with van der Waals surface area (Å²) in [7, 11) is -3.08. The van der Waals surface area contributed by atoms with Gasteiger partial charge >= 0.3 is 6.09 Å². The summed E-state index contributed by atoms with van der Waals surface area (Å²) < 4.78 is 31.4. The molecule has 1 aromatic carbocycles. The van der Waals surface area contributed by atoms with E-state index in [1.54, 1.807) is 9.21 Å². The van der Waals surface area contributed by atoms with E-state index in [4.69, 9.17) is 4.74 Å². The molecule has 2 aliphatic heterocycles. The Morgan fingerprint density at radius 3 is 2.55 bits per heavy atom. The standard InChI is InChI=1S/C25H33N3O4S/c1-19-18-23(10-13-26-19)22-8-6-21(7-9-22)20(2)28-16-12-25(3,32-24(28)29)11-4-14-27-15-5-17-33(27,30)31/h6-10,13,18,20H,4-5,11-12,14-17H2,1-3H3/t20-,25+/m0/s1. The lowest BCUT2D eigenvalue weighted by Gasteiger charge is -2.41. The molecule has 0 unspecified atom stereocenters. The zero-order valence-electron chi connectivity index (χ0n) is 19.7. The van der Waals surface area contributed by atoms with Crippen LogP contribution in [0.15, 0.2) is 42.6 Å². The Morgan fingerprint density at radius 1 is 1.15 bits per heavy atom. The van der Waals surface area contributed by atoms with Crippen molar-refractivity contribution >= 4 is 16.1 Å². The van der Waals surface area contributed by atoms with Gasteiger partial charge in [-0.1, -0.05) is 24.3 Å². The molecule has 1 amide bonds. The number of aryl methyl sites for hydroxylation is 1. The molecule has 8 heteroatoms. The Labute approximate surface area is 196 Å². The largest absolute Gasteiger partial charge is 0.443 e. The van der Waals surface area contributed by atoms with Crippen LogP contribution in [0.1, 0.15) is 56.8 Å². The first kappa shape index (κ1) is 23.7. The Bertz CT molecular complexity index is 1100. The number of rotatable bonds is 7. The first-order valence-corrected chi connectivity index (χ1v) is 13.3. The lowest BCUT2D eigenvalue weighted by atomic mass is 9.93. The van der Waals surface area contributed by atoms with E-state index in [1.807, 2.05) is 33.0 Å². The topological polar surface area (TPSA) is 79.8 Å². The van der Waals surface area contributed by atoms with Crippen LogP contribution in [-0.2, 0) is 14.8 Å². The van der Waals surface area contributed by atoms with Gasteiger partial charge in [-0.2, -0.15) is 0 Å². The van der Waals surface area contributed by atoms with Gasteiger partial charge in [-0.25, -0.2) is 17.5 Å². The summed E-state index contributed by atoms with van der Waals surface area (Å²) in [6.07, 6.45) is 4.28. The van der Waals surface area contributed by atoms with E-state index in [0.717, 1.165) is 28.8 Å². The monoisotopic (exact) mass is 471 g/mol. The van der Waals surface area contributed by atoms with Gasteiger partial charge in [-0.15, -0.1) is 0 Å². The number of pyridine rings is 1. The molecule has 0 spiro atoms. The second-order valence-electron chi connectivity index (χ2n) is 9.42. The van der Waals surface area contributed by atoms with Crippen LogP contribution in [-0.4, -0.2) is 59.7 Å². The van der Waals surface area contributed by atoms with Gasteiger partial charge in [0.2, 0.25) is 10.0 Å². The van der Waals surface area contributed by atoms with Crippen molar-refractivity contribution in [1.29, 1.82) is 0 Å². The number of carbonyl (C=O) groups is 1. The van der Waals surface area contributed by atoms with Crippen molar-refractivity contribution in [3.63, 3.8) is 0 Å². The molecular weight excluding hydrogens is 438 g/mol. The van der Waals surface area contributed by atoms with Crippen LogP contribution in [0, 0.1) is 6.92 Å². The highest BCUT2D eigenvalue weighted by atomic mass is 32.2. The minimum atomic E-state index is -3.08. The minimum absolute atomic E-state index is 0.0926. The summed E-state index contributed by atoms with van der Waals surface area (Å²) in [5, 5.41) is 0. The van der Waals surface area contributed by atoms with Crippen LogP contribution < -0.4 is 0 Å². The van der Waals surface area contributed by atoms with Crippen molar-refractivity contribution in [1.82, 2.24) is 14.2 Å². The van der Waals surface area contributed by atoms with Crippen LogP contribution in [0.2, 0.25) is 0 Å². The summed E-state index contributed by atoms with van der Waals surface area (Å²) in [4.78, 5) is 18.9. The summed E-state index contributed by atoms with van der Waals surface area (Å²) in [6.45, 7) is 7.67. The summed E-state index contributed by atoms with van der Waals surface area (Å²) in [6, 6.07) is 12.2. The normalized spacial score (nSPS) is 24.0. The average molecular weight is 472 g/mol. The number of nitrogens with zero attached hydrogens (tertiary/aromatic N) is 3. The third-order valence-corrected chi connectivity index (χ3v) is 8.81. The van der Waals surface area contributed by atoms with Crippen LogP contribution in [0.5, 0.6) is 0 Å². The maximum absolute atomic E-state index is 12.9. The van der Waals surface area contributed by atoms with Gasteiger partial charge in [-0.3, -0.25) is 4.98 Å². The van der Waals surface area contributed by atoms with E-state index in [0.29, 0.717) is 38.9 Å². The van der Waals surface area contributed by atoms with Crippen LogP contribution in [0.4, 0.5) is 4.79 Å². The summed E-state index contributed by atoms with van der Waals surface area (Å²) in [5.41, 5.74) is 3.72. The van der Waals surface area contributed by atoms with Crippen molar-refractivity contribution in [2.45, 2.75) is 58.1 Å². The second-order valence-corrected chi connectivity index (χ2v) is 11.5. The molecule has 3 heterocycles. The third-order valence-electron chi connectivity index (χ3n) is 6.86. The Balaban J connectivity index is 1.34. The molecule has 0 bridgehead atoms. The fourth-order valence-corrected chi connectivity index (χ4v) is 6.29. The number of benzene rings is 1. The van der Waals surface area contributed by atoms with E-state index in [2.05, 4.69) is 35.3 Å². The van der Waals surface area contributed by atoms with Crippen molar-refractivity contribution in [3.05, 3.63) is 53.9 Å². The Morgan fingerprint density at radius 2 is 1.91 bits per heavy atom. The van der Waals surface area contributed by atoms with Crippen molar-refractivity contribution in [2.24, 2.45) is 0 Å². The van der Waals surface area contributed by atoms with E-state index < -0.39 is 15.6 Å². The molecule has 0 aliphatic carbocycles. The highest BCUT2D eigenvalue weighted by Gasteiger charge is 2.39. The van der Waals surface area contributed by atoms with Crippen molar-refractivity contribution in [2.75, 3.05) is 25.4 Å². The first-order valence-electron chi connectivity index (χ1n) is 11.7. The molecule has 0 saturated carbocycles. The molecule has 178 valence electrons. The van der Waals surface area contributed by atoms with Gasteiger partial charge in [0, 0.05) is 37.9 Å². The molecule has 4 rings (SSSR count). The highest BCUT2D eigenvalue weighted by Crippen LogP contribution is 2.33. The van der Waals surface area contributed by atoms with Gasteiger partial charge in [0.15, 0.2) is 0 Å². The minimum Gasteiger partial charge on any atom is -0.443 e. The van der Waals surface area contributed by atoms with E-state index in [-0.39, 0.29) is 17.9 Å². The van der Waals surface area contributed by atoms with Crippen LogP contribution >= 0.6 is 0 Å². The first-order chi connectivity index (χ1) is 15.7. The van der Waals surface area contributed by atoms with E-state index >= 15 is 0 Å². The third kappa shape index (κ3) is 5.38. The molecular formula is C25H33N3O4S. The Kier molecular flexibility index (Phi) is 6.77. The number of ether oxygens (including phenoxy) is 1. The van der Waals surface area contributed by atoms with Crippen LogP contribution in [0.25, 0.3) is 11.1 Å². The van der Waals surface area contributed by atoms with E-state index in [1.165, 1.54) is 0 Å². The molecule has 0 radical (unpaired) electrons. The fourth-order valence-electron chi connectivity index (χ4n) is 4.73. The number of carbonyl (C=O) groups excluding carboxylic acids is 1.